The molecule has 1 aromatic heterocycles. The van der Waals surface area contributed by atoms with Crippen LogP contribution >= 0.6 is 11.6 Å². The highest BCUT2D eigenvalue weighted by Gasteiger charge is 2.33. The predicted molar refractivity (Wildman–Crippen MR) is 71.7 cm³/mol. The molecule has 0 aliphatic heterocycles. The zero-order chi connectivity index (χ0) is 13.4. The minimum absolute atomic E-state index is 0.174. The van der Waals surface area contributed by atoms with Gasteiger partial charge in [-0.15, -0.1) is 0 Å². The van der Waals surface area contributed by atoms with Gasteiger partial charge in [0.25, 0.3) is 0 Å². The van der Waals surface area contributed by atoms with Gasteiger partial charge in [0.2, 0.25) is 0 Å². The normalized spacial score (nSPS) is 19.2. The van der Waals surface area contributed by atoms with E-state index < -0.39 is 11.9 Å². The number of rotatable bonds is 2. The lowest BCUT2D eigenvalue weighted by atomic mass is 9.93. The molecule has 0 bridgehead atoms. The van der Waals surface area contributed by atoms with E-state index >= 15 is 0 Å². The Labute approximate surface area is 115 Å². The number of hydrogen-bond donors (Lipinski definition) is 1. The predicted octanol–water partition coefficient (Wildman–Crippen LogP) is 3.64. The van der Waals surface area contributed by atoms with Crippen molar-refractivity contribution >= 4 is 11.6 Å². The fraction of sp³-hybridized carbons (Fsp3) is 0.267. The molecular formula is C15H13ClFNO. The number of aromatic nitrogens is 1. The summed E-state index contributed by atoms with van der Waals surface area (Å²) in [5.74, 6) is -0.657. The lowest BCUT2D eigenvalue weighted by Gasteiger charge is -2.20. The SMILES string of the molecule is OC(c1c(F)cccc1Cl)C1CCc2cccnc21. The molecule has 2 aromatic rings. The summed E-state index contributed by atoms with van der Waals surface area (Å²) in [7, 11) is 0. The summed E-state index contributed by atoms with van der Waals surface area (Å²) in [6.07, 6.45) is 2.37. The van der Waals surface area contributed by atoms with Crippen LogP contribution in [-0.2, 0) is 6.42 Å². The first-order chi connectivity index (χ1) is 9.18. The Bertz CT molecular complexity index is 597. The first-order valence-electron chi connectivity index (χ1n) is 6.24. The van der Waals surface area contributed by atoms with Gasteiger partial charge in [0.1, 0.15) is 5.82 Å². The fourth-order valence-corrected chi connectivity index (χ4v) is 3.02. The van der Waals surface area contributed by atoms with Crippen LogP contribution in [0.2, 0.25) is 5.02 Å². The molecule has 0 amide bonds. The first kappa shape index (κ1) is 12.6. The molecule has 0 spiro atoms. The minimum atomic E-state index is -0.954. The third-order valence-corrected chi connectivity index (χ3v) is 4.01. The van der Waals surface area contributed by atoms with E-state index in [0.717, 1.165) is 24.1 Å². The molecule has 2 atom stereocenters. The maximum absolute atomic E-state index is 13.9. The highest BCUT2D eigenvalue weighted by Crippen LogP contribution is 2.42. The van der Waals surface area contributed by atoms with Crippen LogP contribution in [0.5, 0.6) is 0 Å². The minimum Gasteiger partial charge on any atom is -0.388 e. The van der Waals surface area contributed by atoms with Crippen LogP contribution in [0.4, 0.5) is 4.39 Å². The quantitative estimate of drug-likeness (QED) is 0.909. The average Bonchev–Trinajstić information content (AvgIpc) is 2.82. The summed E-state index contributed by atoms with van der Waals surface area (Å²) in [5.41, 5.74) is 2.15. The summed E-state index contributed by atoms with van der Waals surface area (Å²) in [6.45, 7) is 0. The van der Waals surface area contributed by atoms with Crippen molar-refractivity contribution in [2.75, 3.05) is 0 Å². The van der Waals surface area contributed by atoms with Crippen LogP contribution in [-0.4, -0.2) is 10.1 Å². The number of hydrogen-bond acceptors (Lipinski definition) is 2. The molecule has 1 aliphatic rings. The number of nitrogens with zero attached hydrogens (tertiary/aromatic N) is 1. The number of aryl methyl sites for hydroxylation is 1. The second-order valence-corrected chi connectivity index (χ2v) is 5.18. The monoisotopic (exact) mass is 277 g/mol. The largest absolute Gasteiger partial charge is 0.388 e. The van der Waals surface area contributed by atoms with Crippen molar-refractivity contribution in [3.8, 4) is 0 Å². The van der Waals surface area contributed by atoms with Gasteiger partial charge >= 0.3 is 0 Å². The van der Waals surface area contributed by atoms with Crippen molar-refractivity contribution in [2.24, 2.45) is 0 Å². The molecule has 1 aromatic carbocycles. The highest BCUT2D eigenvalue weighted by molar-refractivity contribution is 6.31. The van der Waals surface area contributed by atoms with Crippen LogP contribution in [0.1, 0.15) is 35.3 Å². The number of pyridine rings is 1. The van der Waals surface area contributed by atoms with E-state index in [0.29, 0.717) is 0 Å². The molecule has 98 valence electrons. The van der Waals surface area contributed by atoms with Crippen molar-refractivity contribution in [1.82, 2.24) is 4.98 Å². The molecule has 0 saturated heterocycles. The van der Waals surface area contributed by atoms with Gasteiger partial charge in [0.05, 0.1) is 6.10 Å². The van der Waals surface area contributed by atoms with Crippen molar-refractivity contribution in [3.05, 3.63) is 64.2 Å². The summed E-state index contributed by atoms with van der Waals surface area (Å²) in [4.78, 5) is 4.32. The highest BCUT2D eigenvalue weighted by atomic mass is 35.5. The van der Waals surface area contributed by atoms with Gasteiger partial charge in [-0.25, -0.2) is 4.39 Å². The van der Waals surface area contributed by atoms with Gasteiger partial charge in [0, 0.05) is 28.4 Å². The summed E-state index contributed by atoms with van der Waals surface area (Å²) in [5, 5.41) is 10.7. The zero-order valence-corrected chi connectivity index (χ0v) is 10.9. The fourth-order valence-electron chi connectivity index (χ4n) is 2.75. The second-order valence-electron chi connectivity index (χ2n) is 4.77. The Morgan fingerprint density at radius 2 is 2.16 bits per heavy atom. The summed E-state index contributed by atoms with van der Waals surface area (Å²) < 4.78 is 13.9. The molecule has 0 radical (unpaired) electrons. The van der Waals surface area contributed by atoms with Crippen LogP contribution < -0.4 is 0 Å². The Morgan fingerprint density at radius 3 is 2.95 bits per heavy atom. The average molecular weight is 278 g/mol. The van der Waals surface area contributed by atoms with Gasteiger partial charge in [-0.1, -0.05) is 23.7 Å². The van der Waals surface area contributed by atoms with Crippen LogP contribution in [0.3, 0.4) is 0 Å². The number of aliphatic hydroxyl groups is 1. The lowest BCUT2D eigenvalue weighted by molar-refractivity contribution is 0.139. The van der Waals surface area contributed by atoms with E-state index in [1.165, 1.54) is 12.1 Å². The Morgan fingerprint density at radius 1 is 1.32 bits per heavy atom. The molecule has 2 nitrogen and oxygen atoms in total. The van der Waals surface area contributed by atoms with Gasteiger partial charge in [-0.05, 0) is 36.6 Å². The van der Waals surface area contributed by atoms with Crippen molar-refractivity contribution < 1.29 is 9.50 Å². The number of benzene rings is 1. The molecule has 2 unspecified atom stereocenters. The Kier molecular flexibility index (Phi) is 3.25. The van der Waals surface area contributed by atoms with Gasteiger partial charge in [-0.2, -0.15) is 0 Å². The zero-order valence-electron chi connectivity index (χ0n) is 10.2. The number of fused-ring (bicyclic) bond motifs is 1. The lowest BCUT2D eigenvalue weighted by Crippen LogP contribution is -2.11. The van der Waals surface area contributed by atoms with Gasteiger partial charge < -0.3 is 5.11 Å². The smallest absolute Gasteiger partial charge is 0.130 e. The van der Waals surface area contributed by atoms with E-state index in [4.69, 9.17) is 11.6 Å². The summed E-state index contributed by atoms with van der Waals surface area (Å²) >= 11 is 6.01. The molecule has 0 saturated carbocycles. The van der Waals surface area contributed by atoms with Crippen LogP contribution in [0.25, 0.3) is 0 Å². The Balaban J connectivity index is 2.00. The number of halogens is 2. The molecule has 19 heavy (non-hydrogen) atoms. The molecule has 1 N–H and O–H groups in total. The van der Waals surface area contributed by atoms with Crippen LogP contribution in [0.15, 0.2) is 36.5 Å². The summed E-state index contributed by atoms with van der Waals surface area (Å²) in [6, 6.07) is 8.33. The molecular weight excluding hydrogens is 265 g/mol. The van der Waals surface area contributed by atoms with Crippen molar-refractivity contribution in [2.45, 2.75) is 24.9 Å². The molecule has 0 fully saturated rings. The molecule has 1 aliphatic carbocycles. The van der Waals surface area contributed by atoms with Crippen LogP contribution in [0, 0.1) is 5.82 Å². The molecule has 4 heteroatoms. The third-order valence-electron chi connectivity index (χ3n) is 3.68. The van der Waals surface area contributed by atoms with Crippen molar-refractivity contribution in [3.63, 3.8) is 0 Å². The van der Waals surface area contributed by atoms with Crippen molar-refractivity contribution in [1.29, 1.82) is 0 Å². The van der Waals surface area contributed by atoms with Gasteiger partial charge in [-0.3, -0.25) is 4.98 Å². The van der Waals surface area contributed by atoms with E-state index in [-0.39, 0.29) is 16.5 Å². The first-order valence-corrected chi connectivity index (χ1v) is 6.62. The second kappa shape index (κ2) is 4.91. The number of aliphatic hydroxyl groups excluding tert-OH is 1. The molecule has 1 heterocycles. The Hall–Kier alpha value is -1.45. The molecule has 3 rings (SSSR count). The van der Waals surface area contributed by atoms with Gasteiger partial charge in [0.15, 0.2) is 0 Å². The van der Waals surface area contributed by atoms with E-state index in [1.54, 1.807) is 12.3 Å². The third kappa shape index (κ3) is 2.13. The van der Waals surface area contributed by atoms with E-state index in [1.807, 2.05) is 12.1 Å². The topological polar surface area (TPSA) is 33.1 Å². The maximum atomic E-state index is 13.9. The maximum Gasteiger partial charge on any atom is 0.130 e. The standard InChI is InChI=1S/C15H13ClFNO/c16-11-4-1-5-12(17)13(11)15(19)10-7-6-9-3-2-8-18-14(9)10/h1-5,8,10,15,19H,6-7H2. The van der Waals surface area contributed by atoms with E-state index in [9.17, 15) is 9.50 Å². The van der Waals surface area contributed by atoms with E-state index in [2.05, 4.69) is 4.98 Å².